The van der Waals surface area contributed by atoms with Crippen LogP contribution in [0.15, 0.2) is 51.7 Å². The largest absolute Gasteiger partial charge is 0.450 e. The van der Waals surface area contributed by atoms with Gasteiger partial charge in [-0.1, -0.05) is 12.1 Å². The van der Waals surface area contributed by atoms with E-state index >= 15 is 0 Å². The average molecular weight is 323 g/mol. The summed E-state index contributed by atoms with van der Waals surface area (Å²) in [4.78, 5) is 16.7. The van der Waals surface area contributed by atoms with Gasteiger partial charge in [0.15, 0.2) is 11.4 Å². The molecule has 0 aliphatic heterocycles. The van der Waals surface area contributed by atoms with Gasteiger partial charge in [-0.15, -0.1) is 0 Å². The molecule has 0 aliphatic carbocycles. The Morgan fingerprint density at radius 2 is 2.04 bits per heavy atom. The Balaban J connectivity index is 2.24. The van der Waals surface area contributed by atoms with Crippen molar-refractivity contribution in [2.75, 3.05) is 12.4 Å². The Labute approximate surface area is 136 Å². The molecule has 0 atom stereocenters. The molecule has 0 spiro atoms. The molecule has 120 valence electrons. The van der Waals surface area contributed by atoms with Crippen LogP contribution in [0.4, 0.5) is 10.2 Å². The molecule has 2 aromatic heterocycles. The van der Waals surface area contributed by atoms with Crippen molar-refractivity contribution in [1.82, 2.24) is 9.55 Å². The lowest BCUT2D eigenvalue weighted by atomic mass is 10.2. The van der Waals surface area contributed by atoms with Gasteiger partial charge in [0.05, 0.1) is 5.69 Å². The number of halogens is 1. The first-order chi connectivity index (χ1) is 11.6. The lowest BCUT2D eigenvalue weighted by Crippen LogP contribution is -2.22. The van der Waals surface area contributed by atoms with Crippen molar-refractivity contribution < 1.29 is 8.81 Å². The van der Waals surface area contributed by atoms with Gasteiger partial charge in [-0.2, -0.15) is 4.98 Å². The second kappa shape index (κ2) is 5.19. The Hall–Kier alpha value is -3.15. The van der Waals surface area contributed by atoms with Gasteiger partial charge in [0.1, 0.15) is 16.9 Å². The monoisotopic (exact) mass is 323 g/mol. The molecule has 4 aromatic rings. The standard InChI is InChI=1S/C18H14FN3O2/c1-10-4-3-5-12(8-10)22-15-13-9-11(19)6-7-14(13)24-16(15)17(20-2)21-18(22)23/h3-9H,1-2H3,(H,20,21,23). The molecule has 0 bridgehead atoms. The van der Waals surface area contributed by atoms with Crippen molar-refractivity contribution in [3.63, 3.8) is 0 Å². The second-order valence-electron chi connectivity index (χ2n) is 5.59. The van der Waals surface area contributed by atoms with Crippen molar-refractivity contribution in [3.8, 4) is 5.69 Å². The third-order valence-corrected chi connectivity index (χ3v) is 3.96. The van der Waals surface area contributed by atoms with Gasteiger partial charge in [-0.3, -0.25) is 4.57 Å². The Morgan fingerprint density at radius 1 is 1.21 bits per heavy atom. The van der Waals surface area contributed by atoms with Crippen LogP contribution in [0.2, 0.25) is 0 Å². The fourth-order valence-electron chi connectivity index (χ4n) is 2.91. The van der Waals surface area contributed by atoms with Crippen LogP contribution in [-0.2, 0) is 0 Å². The molecule has 0 unspecified atom stereocenters. The van der Waals surface area contributed by atoms with Crippen LogP contribution >= 0.6 is 0 Å². The maximum Gasteiger partial charge on any atom is 0.354 e. The molecule has 0 saturated carbocycles. The van der Waals surface area contributed by atoms with Crippen molar-refractivity contribution in [2.24, 2.45) is 0 Å². The number of hydrogen-bond acceptors (Lipinski definition) is 4. The summed E-state index contributed by atoms with van der Waals surface area (Å²) >= 11 is 0. The molecule has 2 aromatic carbocycles. The summed E-state index contributed by atoms with van der Waals surface area (Å²) in [5.74, 6) is -0.0632. The highest BCUT2D eigenvalue weighted by Crippen LogP contribution is 2.33. The van der Waals surface area contributed by atoms with Crippen LogP contribution in [0, 0.1) is 12.7 Å². The normalized spacial score (nSPS) is 11.3. The highest BCUT2D eigenvalue weighted by Gasteiger charge is 2.19. The zero-order valence-corrected chi connectivity index (χ0v) is 13.1. The molecule has 2 heterocycles. The van der Waals surface area contributed by atoms with E-state index in [0.717, 1.165) is 5.56 Å². The molecule has 1 N–H and O–H groups in total. The van der Waals surface area contributed by atoms with Gasteiger partial charge in [0.2, 0.25) is 0 Å². The molecule has 0 aliphatic rings. The zero-order valence-electron chi connectivity index (χ0n) is 13.1. The fraction of sp³-hybridized carbons (Fsp3) is 0.111. The summed E-state index contributed by atoms with van der Waals surface area (Å²) in [6.45, 7) is 1.94. The number of fused-ring (bicyclic) bond motifs is 3. The SMILES string of the molecule is CNc1nc(=O)n(-c2cccc(C)c2)c2c1oc1ccc(F)cc12. The van der Waals surface area contributed by atoms with Crippen LogP contribution in [0.25, 0.3) is 27.8 Å². The topological polar surface area (TPSA) is 60.1 Å². The molecule has 0 amide bonds. The summed E-state index contributed by atoms with van der Waals surface area (Å²) < 4.78 is 21.0. The minimum atomic E-state index is -0.454. The molecule has 0 saturated heterocycles. The van der Waals surface area contributed by atoms with Crippen molar-refractivity contribution in [3.05, 3.63) is 64.3 Å². The van der Waals surface area contributed by atoms with Crippen molar-refractivity contribution in [1.29, 1.82) is 0 Å². The van der Waals surface area contributed by atoms with Gasteiger partial charge >= 0.3 is 5.69 Å². The van der Waals surface area contributed by atoms with E-state index in [-0.39, 0.29) is 0 Å². The first-order valence-electron chi connectivity index (χ1n) is 7.48. The first kappa shape index (κ1) is 14.4. The quantitative estimate of drug-likeness (QED) is 0.612. The van der Waals surface area contributed by atoms with E-state index in [0.29, 0.717) is 33.6 Å². The van der Waals surface area contributed by atoms with Crippen LogP contribution < -0.4 is 11.0 Å². The maximum atomic E-state index is 13.8. The second-order valence-corrected chi connectivity index (χ2v) is 5.59. The summed E-state index contributed by atoms with van der Waals surface area (Å²) in [5.41, 5.74) is 2.62. The van der Waals surface area contributed by atoms with Gasteiger partial charge in [0, 0.05) is 12.4 Å². The third-order valence-electron chi connectivity index (χ3n) is 3.96. The molecular weight excluding hydrogens is 309 g/mol. The molecule has 6 heteroatoms. The number of aryl methyl sites for hydroxylation is 1. The molecule has 4 rings (SSSR count). The average Bonchev–Trinajstić information content (AvgIpc) is 2.92. The molecule has 0 radical (unpaired) electrons. The predicted octanol–water partition coefficient (Wildman–Crippen LogP) is 3.62. The number of furan rings is 1. The molecule has 24 heavy (non-hydrogen) atoms. The van der Waals surface area contributed by atoms with E-state index in [9.17, 15) is 9.18 Å². The van der Waals surface area contributed by atoms with E-state index in [1.54, 1.807) is 13.1 Å². The van der Waals surface area contributed by atoms with Crippen LogP contribution in [-0.4, -0.2) is 16.6 Å². The number of rotatable bonds is 2. The lowest BCUT2D eigenvalue weighted by Gasteiger charge is -2.09. The van der Waals surface area contributed by atoms with Gasteiger partial charge in [-0.05, 0) is 42.8 Å². The van der Waals surface area contributed by atoms with E-state index in [1.165, 1.54) is 16.7 Å². The van der Waals surface area contributed by atoms with E-state index < -0.39 is 11.5 Å². The molecule has 5 nitrogen and oxygen atoms in total. The predicted molar refractivity (Wildman–Crippen MR) is 91.4 cm³/mol. The van der Waals surface area contributed by atoms with Crippen LogP contribution in [0.1, 0.15) is 5.56 Å². The number of aromatic nitrogens is 2. The van der Waals surface area contributed by atoms with Crippen LogP contribution in [0.5, 0.6) is 0 Å². The zero-order chi connectivity index (χ0) is 16.8. The summed E-state index contributed by atoms with van der Waals surface area (Å²) in [6, 6.07) is 11.7. The van der Waals surface area contributed by atoms with Gasteiger partial charge < -0.3 is 9.73 Å². The Kier molecular flexibility index (Phi) is 3.13. The lowest BCUT2D eigenvalue weighted by molar-refractivity contribution is 0.626. The highest BCUT2D eigenvalue weighted by atomic mass is 19.1. The first-order valence-corrected chi connectivity index (χ1v) is 7.48. The number of hydrogen-bond donors (Lipinski definition) is 1. The minimum absolute atomic E-state index is 0.329. The Bertz CT molecular complexity index is 1140. The number of anilines is 1. The number of benzene rings is 2. The minimum Gasteiger partial charge on any atom is -0.450 e. The van der Waals surface area contributed by atoms with Gasteiger partial charge in [0.25, 0.3) is 0 Å². The highest BCUT2D eigenvalue weighted by molar-refractivity contribution is 6.06. The van der Waals surface area contributed by atoms with Crippen LogP contribution in [0.3, 0.4) is 0 Å². The molecular formula is C18H14FN3O2. The van der Waals surface area contributed by atoms with Gasteiger partial charge in [-0.25, -0.2) is 9.18 Å². The van der Waals surface area contributed by atoms with E-state index in [4.69, 9.17) is 4.42 Å². The van der Waals surface area contributed by atoms with E-state index in [1.807, 2.05) is 31.2 Å². The molecule has 0 fully saturated rings. The fourth-order valence-corrected chi connectivity index (χ4v) is 2.91. The number of nitrogens with one attached hydrogen (secondary N) is 1. The number of nitrogens with zero attached hydrogens (tertiary/aromatic N) is 2. The van der Waals surface area contributed by atoms with Crippen molar-refractivity contribution in [2.45, 2.75) is 6.92 Å². The Morgan fingerprint density at radius 3 is 2.79 bits per heavy atom. The van der Waals surface area contributed by atoms with Crippen molar-refractivity contribution >= 4 is 27.9 Å². The maximum absolute atomic E-state index is 13.8. The summed E-state index contributed by atoms with van der Waals surface area (Å²) in [7, 11) is 1.66. The van der Waals surface area contributed by atoms with E-state index in [2.05, 4.69) is 10.3 Å². The summed E-state index contributed by atoms with van der Waals surface area (Å²) in [6.07, 6.45) is 0. The third kappa shape index (κ3) is 2.07. The smallest absolute Gasteiger partial charge is 0.354 e. The summed E-state index contributed by atoms with van der Waals surface area (Å²) in [5, 5.41) is 3.39.